The van der Waals surface area contributed by atoms with Gasteiger partial charge in [-0.25, -0.2) is 17.8 Å². The molecule has 2 aromatic rings. The van der Waals surface area contributed by atoms with Crippen LogP contribution >= 0.6 is 0 Å². The number of nitrogens with one attached hydrogen (secondary N) is 1. The molecule has 0 spiro atoms. The first-order valence-corrected chi connectivity index (χ1v) is 12.4. The zero-order chi connectivity index (χ0) is 24.7. The van der Waals surface area contributed by atoms with Crippen molar-refractivity contribution < 1.29 is 18.0 Å². The van der Waals surface area contributed by atoms with Crippen LogP contribution in [0.15, 0.2) is 41.5 Å². The summed E-state index contributed by atoms with van der Waals surface area (Å²) < 4.78 is 25.1. The predicted octanol–water partition coefficient (Wildman–Crippen LogP) is 2.33. The molecule has 0 radical (unpaired) electrons. The van der Waals surface area contributed by atoms with Gasteiger partial charge in [0.1, 0.15) is 0 Å². The highest BCUT2D eigenvalue weighted by Crippen LogP contribution is 2.19. The first-order chi connectivity index (χ1) is 15.2. The predicted molar refractivity (Wildman–Crippen MR) is 131 cm³/mol. The number of hydrazine groups is 1. The molecule has 0 aromatic heterocycles. The van der Waals surface area contributed by atoms with Gasteiger partial charge in [-0.2, -0.15) is 5.10 Å². The van der Waals surface area contributed by atoms with Crippen LogP contribution in [0.25, 0.3) is 0 Å². The van der Waals surface area contributed by atoms with E-state index < -0.39 is 28.3 Å². The number of amides is 2. The average Bonchev–Trinajstić information content (AvgIpc) is 2.69. The summed E-state index contributed by atoms with van der Waals surface area (Å²) in [6.45, 7) is 10.5. The van der Waals surface area contributed by atoms with E-state index in [1.165, 1.54) is 11.2 Å². The summed E-state index contributed by atoms with van der Waals surface area (Å²) in [5.74, 6) is -0.782. The summed E-state index contributed by atoms with van der Waals surface area (Å²) in [5.41, 5.74) is 6.17. The van der Waals surface area contributed by atoms with Crippen molar-refractivity contribution >= 4 is 40.4 Å². The van der Waals surface area contributed by atoms with Crippen LogP contribution in [0.4, 0.5) is 0 Å². The van der Waals surface area contributed by atoms with E-state index in [4.69, 9.17) is 0 Å². The molecule has 0 fully saturated rings. The van der Waals surface area contributed by atoms with Crippen molar-refractivity contribution in [3.63, 3.8) is 0 Å². The molecule has 33 heavy (non-hydrogen) atoms. The largest absolute Gasteiger partial charge is 0.329 e. The van der Waals surface area contributed by atoms with Crippen molar-refractivity contribution in [2.24, 2.45) is 5.10 Å². The topological polar surface area (TPSA) is 99.2 Å². The van der Waals surface area contributed by atoms with Gasteiger partial charge in [-0.1, -0.05) is 36.1 Å². The third kappa shape index (κ3) is 5.27. The lowest BCUT2D eigenvalue weighted by Crippen LogP contribution is -2.56. The lowest BCUT2D eigenvalue weighted by molar-refractivity contribution is 0.0358. The van der Waals surface area contributed by atoms with Gasteiger partial charge in [0.05, 0.1) is 18.0 Å². The highest BCUT2D eigenvalue weighted by atomic mass is 32.2. The third-order valence-corrected chi connectivity index (χ3v) is 6.43. The molecule has 174 valence electrons. The van der Waals surface area contributed by atoms with Gasteiger partial charge < -0.3 is 0 Å². The molecule has 0 atom stereocenters. The molecule has 0 saturated heterocycles. The quantitative estimate of drug-likeness (QED) is 0.552. The maximum absolute atomic E-state index is 13.3. The number of aryl methyl sites for hydroxylation is 2. The number of carbonyl (C=O) groups is 2. The van der Waals surface area contributed by atoms with Gasteiger partial charge in [0, 0.05) is 11.1 Å². The molecule has 8 nitrogen and oxygen atoms in total. The maximum atomic E-state index is 13.3. The minimum absolute atomic E-state index is 0.312. The number of nitrogens with zero attached hydrogens (tertiary/aromatic N) is 3. The van der Waals surface area contributed by atoms with Gasteiger partial charge in [0.15, 0.2) is 0 Å². The van der Waals surface area contributed by atoms with Crippen LogP contribution in [-0.2, 0) is 10.0 Å². The van der Waals surface area contributed by atoms with E-state index in [2.05, 4.69) is 10.5 Å². The molecule has 2 aromatic carbocycles. The molecular formula is C23H29BN4O4S. The SMILES string of the molecule is CB1c2cc(C(=O)NN(C(=O)c3cc(C)cc(C)c3)C(C)(C)C)ccc2C=NN1S(C)(=O)=O. The van der Waals surface area contributed by atoms with Crippen molar-refractivity contribution in [1.82, 2.24) is 14.8 Å². The van der Waals surface area contributed by atoms with E-state index >= 15 is 0 Å². The second-order valence-corrected chi connectivity index (χ2v) is 11.3. The van der Waals surface area contributed by atoms with Crippen molar-refractivity contribution in [2.75, 3.05) is 6.26 Å². The molecule has 2 amide bonds. The monoisotopic (exact) mass is 468 g/mol. The molecule has 0 saturated carbocycles. The molecular weight excluding hydrogens is 439 g/mol. The second kappa shape index (κ2) is 8.66. The number of hydrogen-bond donors (Lipinski definition) is 1. The van der Waals surface area contributed by atoms with Gasteiger partial charge in [-0.15, -0.1) is 0 Å². The normalized spacial score (nSPS) is 13.5. The van der Waals surface area contributed by atoms with Crippen LogP contribution in [0.5, 0.6) is 0 Å². The Kier molecular flexibility index (Phi) is 6.43. The van der Waals surface area contributed by atoms with Crippen molar-refractivity contribution in [2.45, 2.75) is 47.0 Å². The van der Waals surface area contributed by atoms with Crippen LogP contribution in [0.2, 0.25) is 6.82 Å². The Morgan fingerprint density at radius 3 is 2.18 bits per heavy atom. The van der Waals surface area contributed by atoms with E-state index in [1.807, 2.05) is 40.7 Å². The van der Waals surface area contributed by atoms with Crippen LogP contribution in [0.1, 0.15) is 58.2 Å². The molecule has 0 aliphatic carbocycles. The Balaban J connectivity index is 1.92. The minimum Gasteiger partial charge on any atom is -0.267 e. The summed E-state index contributed by atoms with van der Waals surface area (Å²) >= 11 is 0. The minimum atomic E-state index is -3.56. The average molecular weight is 468 g/mol. The Hall–Kier alpha value is -3.14. The van der Waals surface area contributed by atoms with Crippen LogP contribution in [-0.4, -0.2) is 54.4 Å². The first kappa shape index (κ1) is 24.5. The zero-order valence-electron chi connectivity index (χ0n) is 20.0. The fourth-order valence-electron chi connectivity index (χ4n) is 3.82. The Morgan fingerprint density at radius 2 is 1.64 bits per heavy atom. The summed E-state index contributed by atoms with van der Waals surface area (Å²) in [5, 5.41) is 5.35. The van der Waals surface area contributed by atoms with Crippen molar-refractivity contribution in [3.8, 4) is 0 Å². The molecule has 10 heteroatoms. The molecule has 0 unspecified atom stereocenters. The zero-order valence-corrected chi connectivity index (χ0v) is 20.8. The highest BCUT2D eigenvalue weighted by Gasteiger charge is 2.33. The molecule has 1 aliphatic heterocycles. The number of hydrazone groups is 1. The Labute approximate surface area is 195 Å². The second-order valence-electron chi connectivity index (χ2n) is 9.43. The van der Waals surface area contributed by atoms with Crippen molar-refractivity contribution in [1.29, 1.82) is 0 Å². The fraction of sp³-hybridized carbons (Fsp3) is 0.348. The van der Waals surface area contributed by atoms with E-state index in [0.29, 0.717) is 16.6 Å². The molecule has 1 aliphatic rings. The standard InChI is InChI=1S/C23H29BN4O4S/c1-15-10-16(2)12-19(11-15)22(30)27(23(3,4)5)26-21(29)17-8-9-18-14-25-28(33(7,31)32)24(6)20(18)13-17/h8-14H,1-7H3,(H,26,29). The van der Waals surface area contributed by atoms with Gasteiger partial charge in [-0.3, -0.25) is 15.0 Å². The van der Waals surface area contributed by atoms with E-state index in [9.17, 15) is 18.0 Å². The Bertz CT molecular complexity index is 1230. The van der Waals surface area contributed by atoms with Gasteiger partial charge >= 0.3 is 6.85 Å². The number of hydrogen-bond acceptors (Lipinski definition) is 5. The van der Waals surface area contributed by atoms with Crippen molar-refractivity contribution in [3.05, 3.63) is 64.2 Å². The van der Waals surface area contributed by atoms with Crippen LogP contribution in [0, 0.1) is 13.8 Å². The first-order valence-electron chi connectivity index (χ1n) is 10.6. The number of carbonyl (C=O) groups excluding carboxylic acids is 2. The van der Waals surface area contributed by atoms with Gasteiger partial charge in [0.2, 0.25) is 10.0 Å². The summed E-state index contributed by atoms with van der Waals surface area (Å²) in [6, 6.07) is 10.6. The maximum Gasteiger partial charge on any atom is 0.329 e. The smallest absolute Gasteiger partial charge is 0.267 e. The van der Waals surface area contributed by atoms with E-state index in [1.54, 1.807) is 37.2 Å². The summed E-state index contributed by atoms with van der Waals surface area (Å²) in [7, 11) is -3.56. The van der Waals surface area contributed by atoms with E-state index in [-0.39, 0.29) is 5.91 Å². The molecule has 1 N–H and O–H groups in total. The number of fused-ring (bicyclic) bond motifs is 1. The third-order valence-electron chi connectivity index (χ3n) is 5.34. The molecule has 3 rings (SSSR count). The molecule has 1 heterocycles. The van der Waals surface area contributed by atoms with E-state index in [0.717, 1.165) is 27.3 Å². The van der Waals surface area contributed by atoms with Crippen LogP contribution < -0.4 is 10.9 Å². The summed E-state index contributed by atoms with van der Waals surface area (Å²) in [4.78, 5) is 26.5. The van der Waals surface area contributed by atoms with Gasteiger partial charge in [-0.05, 0) is 63.8 Å². The number of benzene rings is 2. The lowest BCUT2D eigenvalue weighted by atomic mass is 9.57. The fourth-order valence-corrected chi connectivity index (χ4v) is 4.73. The molecule has 0 bridgehead atoms. The van der Waals surface area contributed by atoms with Crippen LogP contribution in [0.3, 0.4) is 0 Å². The number of rotatable bonds is 3. The summed E-state index contributed by atoms with van der Waals surface area (Å²) in [6.07, 6.45) is 2.55. The number of sulfonamides is 1. The highest BCUT2D eigenvalue weighted by molar-refractivity contribution is 7.89. The lowest BCUT2D eigenvalue weighted by Gasteiger charge is -2.35. The Morgan fingerprint density at radius 1 is 1.03 bits per heavy atom. The van der Waals surface area contributed by atoms with Gasteiger partial charge in [0.25, 0.3) is 11.8 Å².